The van der Waals surface area contributed by atoms with E-state index in [2.05, 4.69) is 41.7 Å². The lowest BCUT2D eigenvalue weighted by Gasteiger charge is -2.23. The Kier molecular flexibility index (Phi) is 8.48. The van der Waals surface area contributed by atoms with Crippen LogP contribution in [0.15, 0.2) is 23.6 Å². The molecule has 45 heavy (non-hydrogen) atoms. The minimum absolute atomic E-state index is 0.0305. The maximum absolute atomic E-state index is 15.0. The second-order valence-corrected chi connectivity index (χ2v) is 14.2. The average Bonchev–Trinajstić information content (AvgIpc) is 3.71. The Balaban J connectivity index is 1.15. The van der Waals surface area contributed by atoms with Crippen molar-refractivity contribution in [3.05, 3.63) is 35.0 Å². The number of alkyl halides is 1. The summed E-state index contributed by atoms with van der Waals surface area (Å²) in [6.07, 6.45) is -4.32. The van der Waals surface area contributed by atoms with Gasteiger partial charge in [0.05, 0.1) is 24.9 Å². The predicted molar refractivity (Wildman–Crippen MR) is 152 cm³/mol. The second-order valence-electron chi connectivity index (χ2n) is 10.1. The SMILES string of the molecule is Nc1nc2c(ncn2[C@H]2C[C@H](F)[C@@H](COP(=O)(S)O[C@H]3C[C@H](n4cc(F)c5c(N)ncnc54)O[C@@H]3COP(=O)(O)O)O2)c(=O)[nH]1. The Labute approximate surface area is 255 Å². The van der Waals surface area contributed by atoms with Crippen LogP contribution in [-0.4, -0.2) is 81.5 Å². The number of rotatable bonds is 10. The molecule has 0 saturated carbocycles. The van der Waals surface area contributed by atoms with Crippen LogP contribution in [0.5, 0.6) is 0 Å². The number of nitrogen functional groups attached to an aromatic ring is 2. The van der Waals surface area contributed by atoms with Gasteiger partial charge in [0.1, 0.15) is 49.1 Å². The largest absolute Gasteiger partial charge is 0.469 e. The van der Waals surface area contributed by atoms with E-state index in [9.17, 15) is 32.5 Å². The van der Waals surface area contributed by atoms with Crippen molar-refractivity contribution in [2.24, 2.45) is 0 Å². The van der Waals surface area contributed by atoms with Gasteiger partial charge in [-0.2, -0.15) is 4.98 Å². The number of aromatic amines is 1. The molecule has 2 fully saturated rings. The molecule has 7 N–H and O–H groups in total. The van der Waals surface area contributed by atoms with Crippen LogP contribution in [0.3, 0.4) is 0 Å². The normalized spacial score (nSPS) is 27.0. The predicted octanol–water partition coefficient (Wildman–Crippen LogP) is 1.33. The van der Waals surface area contributed by atoms with Gasteiger partial charge in [-0.15, -0.1) is 0 Å². The molecule has 0 aromatic carbocycles. The number of nitrogens with two attached hydrogens (primary N) is 2. The van der Waals surface area contributed by atoms with Crippen molar-refractivity contribution in [3.8, 4) is 0 Å². The third-order valence-electron chi connectivity index (χ3n) is 7.08. The van der Waals surface area contributed by atoms with E-state index in [-0.39, 0.29) is 46.8 Å². The number of halogens is 2. The lowest BCUT2D eigenvalue weighted by Crippen LogP contribution is -2.28. The molecule has 0 radical (unpaired) electrons. The lowest BCUT2D eigenvalue weighted by molar-refractivity contribution is -0.0440. The number of aromatic nitrogens is 7. The third kappa shape index (κ3) is 6.61. The van der Waals surface area contributed by atoms with E-state index in [4.69, 9.17) is 30.0 Å². The van der Waals surface area contributed by atoms with Gasteiger partial charge < -0.3 is 35.3 Å². The molecule has 4 aromatic rings. The first-order valence-corrected chi connectivity index (χ1v) is 17.2. The Hall–Kier alpha value is -3.04. The van der Waals surface area contributed by atoms with E-state index >= 15 is 0 Å². The summed E-state index contributed by atoms with van der Waals surface area (Å²) in [4.78, 5) is 48.5. The number of hydrogen-bond acceptors (Lipinski definition) is 14. The van der Waals surface area contributed by atoms with E-state index in [1.54, 1.807) is 0 Å². The zero-order valence-electron chi connectivity index (χ0n) is 22.6. The Morgan fingerprint density at radius 1 is 1.07 bits per heavy atom. The standard InChI is InChI=1S/C21H25F2N9O10P2S/c22-8-1-13(32-7-28-16-19(32)29-21(25)30-20(16)33)40-11(8)4-39-44(37,45)42-10-2-14(41-12(10)5-38-43(34,35)36)31-3-9(23)15-17(24)26-6-27-18(15)31/h3,6-8,10-14H,1-2,4-5H2,(H,37,45)(H2,24,26,27)(H2,34,35,36)(H3,25,29,30,33)/t8-,10-,11+,12+,13+,14+,44?/m0/s1. The lowest BCUT2D eigenvalue weighted by atomic mass is 10.2. The highest BCUT2D eigenvalue weighted by atomic mass is 32.7. The van der Waals surface area contributed by atoms with E-state index < -0.39 is 76.1 Å². The van der Waals surface area contributed by atoms with Gasteiger partial charge in [-0.25, -0.2) is 32.9 Å². The molecule has 2 saturated heterocycles. The molecule has 24 heteroatoms. The highest BCUT2D eigenvalue weighted by molar-refractivity contribution is 8.44. The number of nitrogens with zero attached hydrogens (tertiary/aromatic N) is 6. The highest BCUT2D eigenvalue weighted by Gasteiger charge is 2.44. The number of ether oxygens (including phenoxy) is 2. The van der Waals surface area contributed by atoms with Gasteiger partial charge in [0.2, 0.25) is 5.95 Å². The van der Waals surface area contributed by atoms with Gasteiger partial charge in [-0.1, -0.05) is 12.2 Å². The highest BCUT2D eigenvalue weighted by Crippen LogP contribution is 2.57. The summed E-state index contributed by atoms with van der Waals surface area (Å²) >= 11 is 3.98. The van der Waals surface area contributed by atoms with Crippen LogP contribution in [0.2, 0.25) is 0 Å². The van der Waals surface area contributed by atoms with E-state index in [0.717, 1.165) is 12.5 Å². The van der Waals surface area contributed by atoms with Gasteiger partial charge in [0.25, 0.3) is 5.56 Å². The van der Waals surface area contributed by atoms with Gasteiger partial charge in [-0.3, -0.25) is 27.9 Å². The fraction of sp³-hybridized carbons (Fsp3) is 0.476. The molecule has 19 nitrogen and oxygen atoms in total. The molecule has 4 aromatic heterocycles. The number of thiol groups is 1. The van der Waals surface area contributed by atoms with Crippen molar-refractivity contribution < 1.29 is 50.7 Å². The second kappa shape index (κ2) is 12.0. The summed E-state index contributed by atoms with van der Waals surface area (Å²) in [5, 5.41) is -0.0814. The minimum atomic E-state index is -4.97. The molecular weight excluding hydrogens is 670 g/mol. The van der Waals surface area contributed by atoms with Crippen molar-refractivity contribution in [2.45, 2.75) is 49.8 Å². The van der Waals surface area contributed by atoms with E-state index in [1.807, 2.05) is 0 Å². The number of hydrogen-bond donors (Lipinski definition) is 6. The molecule has 6 rings (SSSR count). The number of imidazole rings is 1. The van der Waals surface area contributed by atoms with Crippen molar-refractivity contribution >= 4 is 60.8 Å². The van der Waals surface area contributed by atoms with Crippen molar-refractivity contribution in [3.63, 3.8) is 0 Å². The van der Waals surface area contributed by atoms with Gasteiger partial charge in [0, 0.05) is 19.0 Å². The zero-order valence-corrected chi connectivity index (χ0v) is 25.3. The summed E-state index contributed by atoms with van der Waals surface area (Å²) in [6, 6.07) is 0. The first kappa shape index (κ1) is 31.9. The number of fused-ring (bicyclic) bond motifs is 2. The fourth-order valence-electron chi connectivity index (χ4n) is 5.12. The summed E-state index contributed by atoms with van der Waals surface area (Å²) < 4.78 is 83.8. The van der Waals surface area contributed by atoms with E-state index in [1.165, 1.54) is 15.5 Å². The van der Waals surface area contributed by atoms with Crippen LogP contribution in [0.25, 0.3) is 22.2 Å². The molecular formula is C21H25F2N9O10P2S. The van der Waals surface area contributed by atoms with Gasteiger partial charge in [-0.05, 0) is 0 Å². The molecule has 1 unspecified atom stereocenters. The van der Waals surface area contributed by atoms with Crippen LogP contribution in [-0.2, 0) is 32.2 Å². The summed E-state index contributed by atoms with van der Waals surface area (Å²) in [5.41, 5.74) is 10.9. The molecule has 2 aliphatic rings. The minimum Gasteiger partial charge on any atom is -0.383 e. The molecule has 6 heterocycles. The molecule has 0 aliphatic carbocycles. The van der Waals surface area contributed by atoms with Gasteiger partial charge >= 0.3 is 14.6 Å². The summed E-state index contributed by atoms with van der Waals surface area (Å²) in [6.45, 7) is -5.64. The summed E-state index contributed by atoms with van der Waals surface area (Å²) in [7, 11) is -4.97. The van der Waals surface area contributed by atoms with Crippen LogP contribution in [0.4, 0.5) is 20.5 Å². The van der Waals surface area contributed by atoms with Crippen molar-refractivity contribution in [1.29, 1.82) is 0 Å². The maximum Gasteiger partial charge on any atom is 0.469 e. The number of phosphoric ester groups is 1. The third-order valence-corrected chi connectivity index (χ3v) is 9.21. The Bertz CT molecular complexity index is 1910. The molecule has 7 atom stereocenters. The molecule has 0 spiro atoms. The van der Waals surface area contributed by atoms with Crippen LogP contribution in [0, 0.1) is 5.82 Å². The Morgan fingerprint density at radius 3 is 2.53 bits per heavy atom. The molecule has 0 bridgehead atoms. The monoisotopic (exact) mass is 695 g/mol. The average molecular weight is 695 g/mol. The fourth-order valence-corrected chi connectivity index (χ4v) is 6.98. The molecule has 2 aliphatic heterocycles. The van der Waals surface area contributed by atoms with Crippen LogP contribution >= 0.6 is 26.9 Å². The van der Waals surface area contributed by atoms with Crippen LogP contribution in [0.1, 0.15) is 25.3 Å². The number of nitrogens with one attached hydrogen (secondary N) is 1. The van der Waals surface area contributed by atoms with E-state index in [0.29, 0.717) is 0 Å². The van der Waals surface area contributed by atoms with Gasteiger partial charge in [0.15, 0.2) is 22.6 Å². The number of H-pyrrole nitrogens is 1. The van der Waals surface area contributed by atoms with Crippen LogP contribution < -0.4 is 17.0 Å². The topological polar surface area (TPSA) is 267 Å². The number of phosphoric acid groups is 1. The van der Waals surface area contributed by atoms with Crippen molar-refractivity contribution in [1.82, 2.24) is 34.1 Å². The quantitative estimate of drug-likeness (QED) is 0.101. The van der Waals surface area contributed by atoms with Crippen molar-refractivity contribution in [2.75, 3.05) is 24.7 Å². The first-order chi connectivity index (χ1) is 21.2. The summed E-state index contributed by atoms with van der Waals surface area (Å²) in [5.74, 6) is -1.06. The molecule has 244 valence electrons. The maximum atomic E-state index is 15.0. The molecule has 0 amide bonds. The zero-order chi connectivity index (χ0) is 32.3. The Morgan fingerprint density at radius 2 is 1.78 bits per heavy atom. The first-order valence-electron chi connectivity index (χ1n) is 13.0. The smallest absolute Gasteiger partial charge is 0.383 e. The number of anilines is 2.